The van der Waals surface area contributed by atoms with Gasteiger partial charge in [0, 0.05) is 36.7 Å². The first-order valence-corrected chi connectivity index (χ1v) is 14.1. The van der Waals surface area contributed by atoms with Gasteiger partial charge in [0.1, 0.15) is 6.54 Å². The molecule has 1 fully saturated rings. The van der Waals surface area contributed by atoms with Crippen molar-refractivity contribution >= 4 is 39.3 Å². The van der Waals surface area contributed by atoms with Crippen molar-refractivity contribution in [2.75, 3.05) is 55.7 Å². The second-order valence-electron chi connectivity index (χ2n) is 8.11. The van der Waals surface area contributed by atoms with Crippen molar-refractivity contribution in [2.24, 2.45) is 0 Å². The van der Waals surface area contributed by atoms with Gasteiger partial charge in [0.05, 0.1) is 25.2 Å². The molecule has 8 nitrogen and oxygen atoms in total. The molecule has 1 aliphatic heterocycles. The lowest BCUT2D eigenvalue weighted by Crippen LogP contribution is -2.41. The summed E-state index contributed by atoms with van der Waals surface area (Å²) in [7, 11) is -3.69. The first-order valence-electron chi connectivity index (χ1n) is 11.1. The zero-order valence-corrected chi connectivity index (χ0v) is 21.2. The van der Waals surface area contributed by atoms with Gasteiger partial charge in [0.2, 0.25) is 15.9 Å². The molecule has 0 atom stereocenters. The first-order chi connectivity index (χ1) is 16.2. The zero-order chi connectivity index (χ0) is 24.6. The second kappa shape index (κ2) is 12.2. The third kappa shape index (κ3) is 7.75. The Hall–Kier alpha value is -2.56. The molecule has 1 N–H and O–H groups in total. The molecule has 10 heteroatoms. The highest BCUT2D eigenvalue weighted by Crippen LogP contribution is 2.19. The van der Waals surface area contributed by atoms with E-state index in [-0.39, 0.29) is 18.4 Å². The van der Waals surface area contributed by atoms with Gasteiger partial charge in [-0.25, -0.2) is 8.42 Å². The van der Waals surface area contributed by atoms with Gasteiger partial charge >= 0.3 is 0 Å². The Kier molecular flexibility index (Phi) is 9.37. The molecule has 34 heavy (non-hydrogen) atoms. The number of carbonyl (C=O) groups excluding carboxylic acids is 2. The van der Waals surface area contributed by atoms with Crippen LogP contribution in [0.5, 0.6) is 0 Å². The van der Waals surface area contributed by atoms with Gasteiger partial charge < -0.3 is 15.0 Å². The number of morpholine rings is 1. The number of hydrogen-bond acceptors (Lipinski definition) is 6. The molecule has 0 aromatic heterocycles. The summed E-state index contributed by atoms with van der Waals surface area (Å²) in [6.07, 6.45) is 1.06. The Morgan fingerprint density at radius 1 is 1.06 bits per heavy atom. The molecule has 1 saturated heterocycles. The van der Waals surface area contributed by atoms with Crippen LogP contribution in [0.4, 0.5) is 5.69 Å². The molecule has 184 valence electrons. The predicted molar refractivity (Wildman–Crippen MR) is 136 cm³/mol. The monoisotopic (exact) mass is 505 g/mol. The van der Waals surface area contributed by atoms with Crippen LogP contribution in [0.1, 0.15) is 21.5 Å². The van der Waals surface area contributed by atoms with E-state index in [1.54, 1.807) is 40.9 Å². The van der Waals surface area contributed by atoms with Crippen molar-refractivity contribution in [1.29, 1.82) is 0 Å². The summed E-state index contributed by atoms with van der Waals surface area (Å²) in [5, 5.41) is 2.78. The van der Waals surface area contributed by atoms with Gasteiger partial charge in [-0.05, 0) is 36.8 Å². The number of carbonyl (C=O) groups is 2. The van der Waals surface area contributed by atoms with Crippen molar-refractivity contribution < 1.29 is 22.7 Å². The standard InChI is InChI=1S/C24H31N3O5S2/c1-19-3-5-20(6-4-19)18-33-16-11-25-23(28)17-27(34(2,30)31)22-9-7-21(8-10-22)24(29)26-12-14-32-15-13-26/h3-10H,11-18H2,1-2H3,(H,25,28). The summed E-state index contributed by atoms with van der Waals surface area (Å²) in [4.78, 5) is 26.7. The van der Waals surface area contributed by atoms with E-state index in [0.717, 1.165) is 22.1 Å². The number of nitrogens with one attached hydrogen (secondary N) is 1. The third-order valence-electron chi connectivity index (χ3n) is 5.35. The number of hydrogen-bond donors (Lipinski definition) is 1. The first kappa shape index (κ1) is 26.1. The van der Waals surface area contributed by atoms with Crippen molar-refractivity contribution in [3.63, 3.8) is 0 Å². The Bertz CT molecular complexity index is 1070. The quantitative estimate of drug-likeness (QED) is 0.498. The van der Waals surface area contributed by atoms with Gasteiger partial charge in [-0.1, -0.05) is 29.8 Å². The molecule has 0 aliphatic carbocycles. The van der Waals surface area contributed by atoms with Gasteiger partial charge in [-0.2, -0.15) is 11.8 Å². The predicted octanol–water partition coefficient (Wildman–Crippen LogP) is 2.28. The number of rotatable bonds is 10. The maximum absolute atomic E-state index is 12.6. The molecule has 1 aliphatic rings. The van der Waals surface area contributed by atoms with Gasteiger partial charge in [0.25, 0.3) is 5.91 Å². The van der Waals surface area contributed by atoms with Crippen LogP contribution in [0.2, 0.25) is 0 Å². The fourth-order valence-corrected chi connectivity index (χ4v) is 5.12. The Labute approximate surface area is 205 Å². The fraction of sp³-hybridized carbons (Fsp3) is 0.417. The summed E-state index contributed by atoms with van der Waals surface area (Å²) in [6.45, 7) is 4.24. The highest BCUT2D eigenvalue weighted by molar-refractivity contribution is 7.98. The van der Waals surface area contributed by atoms with E-state index in [1.807, 2.05) is 6.92 Å². The van der Waals surface area contributed by atoms with Crippen LogP contribution in [0.15, 0.2) is 48.5 Å². The zero-order valence-electron chi connectivity index (χ0n) is 19.5. The topological polar surface area (TPSA) is 96.0 Å². The molecule has 2 aromatic carbocycles. The minimum atomic E-state index is -3.69. The Balaban J connectivity index is 1.51. The van der Waals surface area contributed by atoms with Crippen LogP contribution in [0.25, 0.3) is 0 Å². The molecule has 2 amide bonds. The molecule has 0 radical (unpaired) electrons. The molecule has 1 heterocycles. The third-order valence-corrected chi connectivity index (χ3v) is 7.52. The van der Waals surface area contributed by atoms with Crippen LogP contribution in [0.3, 0.4) is 0 Å². The largest absolute Gasteiger partial charge is 0.378 e. The molecule has 0 saturated carbocycles. The number of anilines is 1. The van der Waals surface area contributed by atoms with E-state index in [0.29, 0.717) is 44.1 Å². The van der Waals surface area contributed by atoms with E-state index in [1.165, 1.54) is 11.1 Å². The number of thioether (sulfide) groups is 1. The number of aryl methyl sites for hydroxylation is 1. The van der Waals surface area contributed by atoms with E-state index < -0.39 is 10.0 Å². The van der Waals surface area contributed by atoms with Crippen LogP contribution < -0.4 is 9.62 Å². The van der Waals surface area contributed by atoms with E-state index in [4.69, 9.17) is 4.74 Å². The van der Waals surface area contributed by atoms with E-state index in [9.17, 15) is 18.0 Å². The maximum atomic E-state index is 12.6. The van der Waals surface area contributed by atoms with Crippen molar-refractivity contribution in [2.45, 2.75) is 12.7 Å². The van der Waals surface area contributed by atoms with Crippen molar-refractivity contribution in [3.8, 4) is 0 Å². The lowest BCUT2D eigenvalue weighted by atomic mass is 10.1. The molecule has 3 rings (SSSR count). The summed E-state index contributed by atoms with van der Waals surface area (Å²) in [6, 6.07) is 14.6. The highest BCUT2D eigenvalue weighted by atomic mass is 32.2. The average molecular weight is 506 g/mol. The summed E-state index contributed by atoms with van der Waals surface area (Å²) >= 11 is 1.70. The lowest BCUT2D eigenvalue weighted by molar-refractivity contribution is -0.119. The normalized spacial score (nSPS) is 14.0. The second-order valence-corrected chi connectivity index (χ2v) is 11.1. The lowest BCUT2D eigenvalue weighted by Gasteiger charge is -2.27. The molecular weight excluding hydrogens is 474 g/mol. The molecule has 2 aromatic rings. The fourth-order valence-electron chi connectivity index (χ4n) is 3.44. The summed E-state index contributed by atoms with van der Waals surface area (Å²) in [5.74, 6) is 1.06. The van der Waals surface area contributed by atoms with Gasteiger partial charge in [-0.15, -0.1) is 0 Å². The van der Waals surface area contributed by atoms with Crippen LogP contribution >= 0.6 is 11.8 Å². The Morgan fingerprint density at radius 3 is 2.32 bits per heavy atom. The van der Waals surface area contributed by atoms with Crippen LogP contribution in [-0.2, 0) is 25.3 Å². The summed E-state index contributed by atoms with van der Waals surface area (Å²) in [5.41, 5.74) is 3.24. The smallest absolute Gasteiger partial charge is 0.254 e. The van der Waals surface area contributed by atoms with E-state index in [2.05, 4.69) is 29.6 Å². The SMILES string of the molecule is Cc1ccc(CSCCNC(=O)CN(c2ccc(C(=O)N3CCOCC3)cc2)S(C)(=O)=O)cc1. The molecule has 0 spiro atoms. The number of ether oxygens (including phenoxy) is 1. The summed E-state index contributed by atoms with van der Waals surface area (Å²) < 4.78 is 31.0. The van der Waals surface area contributed by atoms with Gasteiger partial charge in [0.15, 0.2) is 0 Å². The number of sulfonamides is 1. The number of nitrogens with zero attached hydrogens (tertiary/aromatic N) is 2. The van der Waals surface area contributed by atoms with Gasteiger partial charge in [-0.3, -0.25) is 13.9 Å². The highest BCUT2D eigenvalue weighted by Gasteiger charge is 2.22. The number of benzene rings is 2. The molecule has 0 bridgehead atoms. The average Bonchev–Trinajstić information content (AvgIpc) is 2.83. The molecular formula is C24H31N3O5S2. The van der Waals surface area contributed by atoms with Crippen molar-refractivity contribution in [3.05, 3.63) is 65.2 Å². The van der Waals surface area contributed by atoms with Crippen LogP contribution in [-0.4, -0.2) is 76.5 Å². The van der Waals surface area contributed by atoms with E-state index >= 15 is 0 Å². The van der Waals surface area contributed by atoms with Crippen molar-refractivity contribution in [1.82, 2.24) is 10.2 Å². The number of amides is 2. The van der Waals surface area contributed by atoms with Crippen LogP contribution in [0, 0.1) is 6.92 Å². The minimum Gasteiger partial charge on any atom is -0.378 e. The minimum absolute atomic E-state index is 0.123. The maximum Gasteiger partial charge on any atom is 0.254 e. The Morgan fingerprint density at radius 2 is 1.71 bits per heavy atom. The molecule has 0 unspecified atom stereocenters.